The van der Waals surface area contributed by atoms with Gasteiger partial charge in [0.25, 0.3) is 0 Å². The van der Waals surface area contributed by atoms with E-state index >= 15 is 0 Å². The fourth-order valence-corrected chi connectivity index (χ4v) is 2.74. The fraction of sp³-hybridized carbons (Fsp3) is 0.917. The molecule has 2 atom stereocenters. The number of rotatable bonds is 3. The van der Waals surface area contributed by atoms with Crippen LogP contribution in [0.2, 0.25) is 0 Å². The van der Waals surface area contributed by atoms with Crippen molar-refractivity contribution < 1.29 is 9.90 Å². The molecule has 0 saturated carbocycles. The fourth-order valence-electron chi connectivity index (χ4n) is 2.74. The molecule has 1 heterocycles. The standard InChI is InChI=1S/C12H23NO2/c1-5-9(2)13-8-6-7-10(11(14)15)12(13,3)4/h9-10H,5-8H2,1-4H3,(H,14,15). The van der Waals surface area contributed by atoms with E-state index in [0.717, 1.165) is 25.8 Å². The van der Waals surface area contributed by atoms with E-state index in [2.05, 4.69) is 32.6 Å². The molecular formula is C12H23NO2. The Bertz CT molecular complexity index is 238. The van der Waals surface area contributed by atoms with Crippen molar-refractivity contribution >= 4 is 5.97 Å². The number of carbonyl (C=O) groups is 1. The second-order valence-corrected chi connectivity index (χ2v) is 5.14. The van der Waals surface area contributed by atoms with Gasteiger partial charge in [-0.25, -0.2) is 0 Å². The van der Waals surface area contributed by atoms with E-state index in [1.165, 1.54) is 0 Å². The maximum absolute atomic E-state index is 11.2. The number of aliphatic carboxylic acids is 1. The molecule has 1 aliphatic heterocycles. The minimum atomic E-state index is -0.645. The highest BCUT2D eigenvalue weighted by Crippen LogP contribution is 2.35. The van der Waals surface area contributed by atoms with Crippen molar-refractivity contribution in [1.29, 1.82) is 0 Å². The Labute approximate surface area is 92.5 Å². The maximum atomic E-state index is 11.2. The Hall–Kier alpha value is -0.570. The molecule has 1 aliphatic rings. The summed E-state index contributed by atoms with van der Waals surface area (Å²) in [6, 6.07) is 0.474. The van der Waals surface area contributed by atoms with Gasteiger partial charge in [0.15, 0.2) is 0 Å². The number of piperidine rings is 1. The van der Waals surface area contributed by atoms with Gasteiger partial charge in [-0.2, -0.15) is 0 Å². The minimum Gasteiger partial charge on any atom is -0.481 e. The van der Waals surface area contributed by atoms with Crippen molar-refractivity contribution in [1.82, 2.24) is 4.90 Å². The molecule has 15 heavy (non-hydrogen) atoms. The van der Waals surface area contributed by atoms with Gasteiger partial charge in [-0.3, -0.25) is 9.69 Å². The summed E-state index contributed by atoms with van der Waals surface area (Å²) < 4.78 is 0. The molecule has 0 radical (unpaired) electrons. The summed E-state index contributed by atoms with van der Waals surface area (Å²) in [5.74, 6) is -0.867. The van der Waals surface area contributed by atoms with Gasteiger partial charge in [-0.1, -0.05) is 6.92 Å². The molecule has 88 valence electrons. The van der Waals surface area contributed by atoms with Crippen molar-refractivity contribution in [3.8, 4) is 0 Å². The predicted octanol–water partition coefficient (Wildman–Crippen LogP) is 2.36. The lowest BCUT2D eigenvalue weighted by molar-refractivity contribution is -0.150. The monoisotopic (exact) mass is 213 g/mol. The summed E-state index contributed by atoms with van der Waals surface area (Å²) >= 11 is 0. The van der Waals surface area contributed by atoms with Gasteiger partial charge in [0.2, 0.25) is 0 Å². The number of hydrogen-bond donors (Lipinski definition) is 1. The van der Waals surface area contributed by atoms with Crippen LogP contribution in [0.4, 0.5) is 0 Å². The average molecular weight is 213 g/mol. The second-order valence-electron chi connectivity index (χ2n) is 5.14. The molecule has 0 amide bonds. The lowest BCUT2D eigenvalue weighted by Crippen LogP contribution is -2.58. The zero-order valence-corrected chi connectivity index (χ0v) is 10.3. The first-order valence-corrected chi connectivity index (χ1v) is 5.90. The molecule has 0 bridgehead atoms. The van der Waals surface area contributed by atoms with Crippen LogP contribution in [0, 0.1) is 5.92 Å². The van der Waals surface area contributed by atoms with Crippen LogP contribution in [-0.2, 0) is 4.79 Å². The smallest absolute Gasteiger partial charge is 0.308 e. The van der Waals surface area contributed by atoms with E-state index in [1.54, 1.807) is 0 Å². The molecule has 1 rings (SSSR count). The van der Waals surface area contributed by atoms with E-state index in [4.69, 9.17) is 0 Å². The molecule has 0 aliphatic carbocycles. The Morgan fingerprint density at radius 2 is 2.20 bits per heavy atom. The molecule has 1 N–H and O–H groups in total. The van der Waals surface area contributed by atoms with Crippen molar-refractivity contribution in [2.75, 3.05) is 6.54 Å². The summed E-state index contributed by atoms with van der Waals surface area (Å²) in [6.45, 7) is 9.51. The number of likely N-dealkylation sites (tertiary alicyclic amines) is 1. The average Bonchev–Trinajstić information content (AvgIpc) is 2.15. The summed E-state index contributed by atoms with van der Waals surface area (Å²) in [4.78, 5) is 13.6. The molecule has 2 unspecified atom stereocenters. The molecule has 3 nitrogen and oxygen atoms in total. The first-order valence-electron chi connectivity index (χ1n) is 5.90. The molecule has 1 fully saturated rings. The SMILES string of the molecule is CCC(C)N1CCCC(C(=O)O)C1(C)C. The van der Waals surface area contributed by atoms with Crippen LogP contribution < -0.4 is 0 Å². The third-order valence-corrected chi connectivity index (χ3v) is 3.91. The van der Waals surface area contributed by atoms with Gasteiger partial charge in [-0.05, 0) is 46.6 Å². The summed E-state index contributed by atoms with van der Waals surface area (Å²) in [5, 5.41) is 9.22. The highest BCUT2D eigenvalue weighted by Gasteiger charge is 2.43. The van der Waals surface area contributed by atoms with Crippen molar-refractivity contribution in [2.45, 2.75) is 58.5 Å². The summed E-state index contributed by atoms with van der Waals surface area (Å²) in [7, 11) is 0. The van der Waals surface area contributed by atoms with Gasteiger partial charge < -0.3 is 5.11 Å². The predicted molar refractivity (Wildman–Crippen MR) is 60.9 cm³/mol. The third kappa shape index (κ3) is 2.33. The molecule has 0 aromatic heterocycles. The van der Waals surface area contributed by atoms with Crippen LogP contribution in [0.15, 0.2) is 0 Å². The number of nitrogens with zero attached hydrogens (tertiary/aromatic N) is 1. The second kappa shape index (κ2) is 4.52. The Morgan fingerprint density at radius 1 is 1.60 bits per heavy atom. The van der Waals surface area contributed by atoms with Crippen molar-refractivity contribution in [3.05, 3.63) is 0 Å². The summed E-state index contributed by atoms with van der Waals surface area (Å²) in [5.41, 5.74) is -0.209. The van der Waals surface area contributed by atoms with Gasteiger partial charge in [-0.15, -0.1) is 0 Å². The Kier molecular flexibility index (Phi) is 3.77. The van der Waals surface area contributed by atoms with Gasteiger partial charge in [0.05, 0.1) is 5.92 Å². The highest BCUT2D eigenvalue weighted by atomic mass is 16.4. The number of carboxylic acids is 1. The van der Waals surface area contributed by atoms with E-state index in [9.17, 15) is 9.90 Å². The molecule has 1 saturated heterocycles. The van der Waals surface area contributed by atoms with Gasteiger partial charge in [0.1, 0.15) is 0 Å². The lowest BCUT2D eigenvalue weighted by Gasteiger charge is -2.49. The van der Waals surface area contributed by atoms with Crippen molar-refractivity contribution in [2.24, 2.45) is 5.92 Å². The lowest BCUT2D eigenvalue weighted by atomic mass is 9.78. The van der Waals surface area contributed by atoms with Gasteiger partial charge in [0, 0.05) is 11.6 Å². The number of carboxylic acid groups (broad SMARTS) is 1. The number of hydrogen-bond acceptors (Lipinski definition) is 2. The highest BCUT2D eigenvalue weighted by molar-refractivity contribution is 5.71. The third-order valence-electron chi connectivity index (χ3n) is 3.91. The Balaban J connectivity index is 2.86. The van der Waals surface area contributed by atoms with Crippen molar-refractivity contribution in [3.63, 3.8) is 0 Å². The first-order chi connectivity index (χ1) is 6.91. The van der Waals surface area contributed by atoms with Crippen LogP contribution in [0.25, 0.3) is 0 Å². The van der Waals surface area contributed by atoms with Crippen LogP contribution >= 0.6 is 0 Å². The van der Waals surface area contributed by atoms with Crippen LogP contribution in [-0.4, -0.2) is 34.1 Å². The van der Waals surface area contributed by atoms with E-state index < -0.39 is 5.97 Å². The normalized spacial score (nSPS) is 28.7. The zero-order chi connectivity index (χ0) is 11.6. The largest absolute Gasteiger partial charge is 0.481 e. The van der Waals surface area contributed by atoms with E-state index in [-0.39, 0.29) is 11.5 Å². The van der Waals surface area contributed by atoms with E-state index in [1.807, 2.05) is 0 Å². The quantitative estimate of drug-likeness (QED) is 0.782. The van der Waals surface area contributed by atoms with Gasteiger partial charge >= 0.3 is 5.97 Å². The Morgan fingerprint density at radius 3 is 2.67 bits per heavy atom. The van der Waals surface area contributed by atoms with Crippen LogP contribution in [0.3, 0.4) is 0 Å². The summed E-state index contributed by atoms with van der Waals surface area (Å²) in [6.07, 6.45) is 2.90. The maximum Gasteiger partial charge on any atom is 0.308 e. The molecule has 3 heteroatoms. The molecule has 0 aromatic carbocycles. The van der Waals surface area contributed by atoms with Crippen LogP contribution in [0.1, 0.15) is 47.0 Å². The van der Waals surface area contributed by atoms with Crippen LogP contribution in [0.5, 0.6) is 0 Å². The molecule has 0 aromatic rings. The zero-order valence-electron chi connectivity index (χ0n) is 10.3. The van der Waals surface area contributed by atoms with E-state index in [0.29, 0.717) is 6.04 Å². The molecule has 0 spiro atoms. The first kappa shape index (κ1) is 12.5. The molecular weight excluding hydrogens is 190 g/mol. The minimum absolute atomic E-state index is 0.209. The topological polar surface area (TPSA) is 40.5 Å².